The van der Waals surface area contributed by atoms with Crippen molar-refractivity contribution in [2.75, 3.05) is 0 Å². The first-order valence-electron chi connectivity index (χ1n) is 6.39. The second-order valence-corrected chi connectivity index (χ2v) is 4.99. The molecule has 0 amide bonds. The van der Waals surface area contributed by atoms with Crippen molar-refractivity contribution in [1.82, 2.24) is 15.3 Å². The van der Waals surface area contributed by atoms with Crippen LogP contribution >= 0.6 is 0 Å². The SMILES string of the molecule is CCC1(C)N=C(Cn2nc(C(F)(F)F)c([N+](=O)[O-])c2C)NO1. The van der Waals surface area contributed by atoms with Gasteiger partial charge in [-0.2, -0.15) is 18.3 Å². The zero-order valence-corrected chi connectivity index (χ0v) is 12.1. The summed E-state index contributed by atoms with van der Waals surface area (Å²) in [6.07, 6.45) is -4.35. The van der Waals surface area contributed by atoms with E-state index in [9.17, 15) is 23.3 Å². The minimum atomic E-state index is -4.90. The molecule has 0 saturated heterocycles. The molecule has 11 heteroatoms. The zero-order chi connectivity index (χ0) is 16.7. The number of nitrogens with one attached hydrogen (secondary N) is 1. The summed E-state index contributed by atoms with van der Waals surface area (Å²) in [7, 11) is 0. The standard InChI is InChI=1S/C11H14F3N5O3/c1-4-10(3)15-7(17-22-10)5-18-6(2)8(19(20)21)9(16-18)11(12,13)14/h4-5H2,1-3H3,(H,15,17). The summed E-state index contributed by atoms with van der Waals surface area (Å²) in [6.45, 7) is 4.56. The van der Waals surface area contributed by atoms with Crippen molar-refractivity contribution in [3.05, 3.63) is 21.5 Å². The first kappa shape index (κ1) is 16.2. The molecule has 1 atom stereocenters. The number of amidine groups is 1. The second kappa shape index (κ2) is 5.23. The van der Waals surface area contributed by atoms with Gasteiger partial charge in [0.1, 0.15) is 18.1 Å². The summed E-state index contributed by atoms with van der Waals surface area (Å²) in [6, 6.07) is 0. The molecular formula is C11H14F3N5O3. The van der Waals surface area contributed by atoms with Crippen LogP contribution in [0.15, 0.2) is 4.99 Å². The van der Waals surface area contributed by atoms with Crippen LogP contribution in [-0.4, -0.2) is 26.3 Å². The highest BCUT2D eigenvalue weighted by Crippen LogP contribution is 2.37. The lowest BCUT2D eigenvalue weighted by Gasteiger charge is -2.14. The maximum absolute atomic E-state index is 12.8. The molecule has 0 aliphatic carbocycles. The van der Waals surface area contributed by atoms with Gasteiger partial charge in [0, 0.05) is 0 Å². The third-order valence-corrected chi connectivity index (χ3v) is 3.34. The van der Waals surface area contributed by atoms with Gasteiger partial charge in [0.25, 0.3) is 0 Å². The van der Waals surface area contributed by atoms with Crippen LogP contribution in [0.1, 0.15) is 31.7 Å². The quantitative estimate of drug-likeness (QED) is 0.677. The van der Waals surface area contributed by atoms with Crippen LogP contribution < -0.4 is 5.48 Å². The molecule has 0 fully saturated rings. The normalized spacial score (nSPS) is 21.6. The molecule has 2 rings (SSSR count). The molecule has 1 aromatic rings. The molecule has 0 spiro atoms. The molecule has 0 aromatic carbocycles. The fourth-order valence-corrected chi connectivity index (χ4v) is 1.96. The topological polar surface area (TPSA) is 94.6 Å². The first-order chi connectivity index (χ1) is 10.1. The van der Waals surface area contributed by atoms with Crippen LogP contribution in [0.4, 0.5) is 18.9 Å². The Morgan fingerprint density at radius 1 is 1.50 bits per heavy atom. The molecule has 8 nitrogen and oxygen atoms in total. The Kier molecular flexibility index (Phi) is 3.85. The highest BCUT2D eigenvalue weighted by atomic mass is 19.4. The van der Waals surface area contributed by atoms with Gasteiger partial charge in [-0.15, -0.1) is 0 Å². The number of hydrogen-bond donors (Lipinski definition) is 1. The lowest BCUT2D eigenvalue weighted by atomic mass is 10.2. The van der Waals surface area contributed by atoms with E-state index in [4.69, 9.17) is 4.84 Å². The third kappa shape index (κ3) is 2.89. The van der Waals surface area contributed by atoms with Crippen LogP contribution in [0.25, 0.3) is 0 Å². The smallest absolute Gasteiger partial charge is 0.258 e. The van der Waals surface area contributed by atoms with Gasteiger partial charge in [-0.05, 0) is 20.3 Å². The van der Waals surface area contributed by atoms with E-state index in [0.717, 1.165) is 4.68 Å². The number of nitrogens with zero attached hydrogens (tertiary/aromatic N) is 4. The number of halogens is 3. The maximum Gasteiger partial charge on any atom is 0.442 e. The van der Waals surface area contributed by atoms with Gasteiger partial charge in [-0.3, -0.25) is 14.8 Å². The number of hydroxylamine groups is 1. The summed E-state index contributed by atoms with van der Waals surface area (Å²) in [4.78, 5) is 19.2. The monoisotopic (exact) mass is 321 g/mol. The summed E-state index contributed by atoms with van der Waals surface area (Å²) < 4.78 is 39.4. The Morgan fingerprint density at radius 3 is 2.55 bits per heavy atom. The molecule has 1 aromatic heterocycles. The number of nitro groups is 1. The minimum absolute atomic E-state index is 0.182. The second-order valence-electron chi connectivity index (χ2n) is 4.99. The van der Waals surface area contributed by atoms with Crippen molar-refractivity contribution in [3.63, 3.8) is 0 Å². The highest BCUT2D eigenvalue weighted by molar-refractivity contribution is 5.82. The van der Waals surface area contributed by atoms with Gasteiger partial charge in [0.05, 0.1) is 4.92 Å². The number of aromatic nitrogens is 2. The highest BCUT2D eigenvalue weighted by Gasteiger charge is 2.44. The molecule has 1 N–H and O–H groups in total. The van der Waals surface area contributed by atoms with Crippen molar-refractivity contribution in [2.24, 2.45) is 4.99 Å². The zero-order valence-electron chi connectivity index (χ0n) is 12.1. The van der Waals surface area contributed by atoms with E-state index in [1.54, 1.807) is 6.92 Å². The van der Waals surface area contributed by atoms with E-state index in [2.05, 4.69) is 15.6 Å². The van der Waals surface area contributed by atoms with Crippen molar-refractivity contribution >= 4 is 11.5 Å². The average molecular weight is 321 g/mol. The predicted molar refractivity (Wildman–Crippen MR) is 69.0 cm³/mol. The number of alkyl halides is 3. The van der Waals surface area contributed by atoms with E-state index in [-0.39, 0.29) is 18.1 Å². The molecule has 2 heterocycles. The third-order valence-electron chi connectivity index (χ3n) is 3.34. The molecule has 1 aliphatic heterocycles. The van der Waals surface area contributed by atoms with E-state index in [0.29, 0.717) is 6.42 Å². The molecule has 0 radical (unpaired) electrons. The molecule has 0 saturated carbocycles. The fraction of sp³-hybridized carbons (Fsp3) is 0.636. The fourth-order valence-electron chi connectivity index (χ4n) is 1.96. The minimum Gasteiger partial charge on any atom is -0.258 e. The summed E-state index contributed by atoms with van der Waals surface area (Å²) in [5, 5.41) is 14.2. The number of hydrogen-bond acceptors (Lipinski definition) is 6. The van der Waals surface area contributed by atoms with Crippen molar-refractivity contribution in [2.45, 2.75) is 45.6 Å². The summed E-state index contributed by atoms with van der Waals surface area (Å²) in [5.41, 5.74) is -1.07. The van der Waals surface area contributed by atoms with Crippen molar-refractivity contribution in [1.29, 1.82) is 0 Å². The summed E-state index contributed by atoms with van der Waals surface area (Å²) in [5.74, 6) is 0.249. The number of rotatable bonds is 4. The Balaban J connectivity index is 2.38. The van der Waals surface area contributed by atoms with E-state index < -0.39 is 28.2 Å². The van der Waals surface area contributed by atoms with Gasteiger partial charge in [0.2, 0.25) is 5.69 Å². The Labute approximate surface area is 123 Å². The van der Waals surface area contributed by atoms with E-state index in [1.807, 2.05) is 6.92 Å². The Hall–Kier alpha value is -2.17. The first-order valence-corrected chi connectivity index (χ1v) is 6.39. The Bertz CT molecular complexity index is 640. The number of aliphatic imine (C=N–C) groups is 1. The van der Waals surface area contributed by atoms with E-state index in [1.165, 1.54) is 6.92 Å². The molecule has 0 bridgehead atoms. The van der Waals surface area contributed by atoms with Crippen LogP contribution in [0, 0.1) is 17.0 Å². The average Bonchev–Trinajstić information content (AvgIpc) is 2.92. The van der Waals surface area contributed by atoms with Gasteiger partial charge < -0.3 is 0 Å². The molecular weight excluding hydrogens is 307 g/mol. The summed E-state index contributed by atoms with van der Waals surface area (Å²) >= 11 is 0. The molecule has 22 heavy (non-hydrogen) atoms. The van der Waals surface area contributed by atoms with Crippen LogP contribution in [0.2, 0.25) is 0 Å². The van der Waals surface area contributed by atoms with Crippen molar-refractivity contribution in [3.8, 4) is 0 Å². The van der Waals surface area contributed by atoms with Crippen LogP contribution in [0.3, 0.4) is 0 Å². The van der Waals surface area contributed by atoms with Gasteiger partial charge in [0.15, 0.2) is 5.72 Å². The molecule has 122 valence electrons. The van der Waals surface area contributed by atoms with E-state index >= 15 is 0 Å². The Morgan fingerprint density at radius 2 is 2.14 bits per heavy atom. The largest absolute Gasteiger partial charge is 0.442 e. The van der Waals surface area contributed by atoms with Gasteiger partial charge in [-0.1, -0.05) is 6.92 Å². The van der Waals surface area contributed by atoms with Gasteiger partial charge in [-0.25, -0.2) is 15.3 Å². The van der Waals surface area contributed by atoms with Gasteiger partial charge >= 0.3 is 11.9 Å². The maximum atomic E-state index is 12.8. The lowest BCUT2D eigenvalue weighted by molar-refractivity contribution is -0.388. The molecule has 1 unspecified atom stereocenters. The van der Waals surface area contributed by atoms with Crippen LogP contribution in [-0.2, 0) is 17.6 Å². The molecule has 1 aliphatic rings. The lowest BCUT2D eigenvalue weighted by Crippen LogP contribution is -2.27. The van der Waals surface area contributed by atoms with Crippen LogP contribution in [0.5, 0.6) is 0 Å². The van der Waals surface area contributed by atoms with Crippen molar-refractivity contribution < 1.29 is 22.9 Å². The predicted octanol–water partition coefficient (Wildman–Crippen LogP) is 2.18.